The molecule has 1 aliphatic rings. The SMILES string of the molecule is CN(C=O)C=C1C(=O)OC(C)(C)OC1=O. The molecule has 0 N–H and O–H groups in total. The molecule has 1 fully saturated rings. The summed E-state index contributed by atoms with van der Waals surface area (Å²) < 4.78 is 9.62. The quantitative estimate of drug-likeness (QED) is 0.275. The van der Waals surface area contributed by atoms with E-state index < -0.39 is 17.7 Å². The minimum atomic E-state index is -1.26. The van der Waals surface area contributed by atoms with E-state index in [1.165, 1.54) is 20.9 Å². The summed E-state index contributed by atoms with van der Waals surface area (Å²) in [6.07, 6.45) is 1.51. The van der Waals surface area contributed by atoms with Crippen LogP contribution in [0.5, 0.6) is 0 Å². The van der Waals surface area contributed by atoms with Gasteiger partial charge in [0.25, 0.3) is 5.79 Å². The second-order valence-corrected chi connectivity index (χ2v) is 3.49. The number of amides is 1. The van der Waals surface area contributed by atoms with Crippen LogP contribution in [-0.2, 0) is 23.9 Å². The lowest BCUT2D eigenvalue weighted by atomic mass is 10.2. The van der Waals surface area contributed by atoms with Gasteiger partial charge in [0, 0.05) is 27.1 Å². The number of hydrogen-bond donors (Lipinski definition) is 0. The first-order valence-corrected chi connectivity index (χ1v) is 4.21. The van der Waals surface area contributed by atoms with Crippen molar-refractivity contribution in [2.45, 2.75) is 19.6 Å². The van der Waals surface area contributed by atoms with Crippen molar-refractivity contribution in [1.82, 2.24) is 4.90 Å². The lowest BCUT2D eigenvalue weighted by Gasteiger charge is -2.29. The van der Waals surface area contributed by atoms with Crippen LogP contribution in [0.4, 0.5) is 0 Å². The lowest BCUT2D eigenvalue weighted by molar-refractivity contribution is -0.222. The minimum absolute atomic E-state index is 0.302. The molecule has 0 unspecified atom stereocenters. The van der Waals surface area contributed by atoms with Gasteiger partial charge in [0.05, 0.1) is 0 Å². The molecule has 1 rings (SSSR count). The summed E-state index contributed by atoms with van der Waals surface area (Å²) >= 11 is 0. The Morgan fingerprint density at radius 2 is 1.67 bits per heavy atom. The Morgan fingerprint density at radius 3 is 2.07 bits per heavy atom. The van der Waals surface area contributed by atoms with E-state index >= 15 is 0 Å². The summed E-state index contributed by atoms with van der Waals surface area (Å²) in [6.45, 7) is 2.89. The number of carbonyl (C=O) groups is 3. The Bertz CT molecular complexity index is 322. The first-order valence-electron chi connectivity index (χ1n) is 4.21. The smallest absolute Gasteiger partial charge is 0.350 e. The minimum Gasteiger partial charge on any atom is -0.419 e. The summed E-state index contributed by atoms with van der Waals surface area (Å²) in [6, 6.07) is 0. The van der Waals surface area contributed by atoms with Crippen LogP contribution in [0.25, 0.3) is 0 Å². The summed E-state index contributed by atoms with van der Waals surface area (Å²) in [4.78, 5) is 34.0. The maximum atomic E-state index is 11.3. The van der Waals surface area contributed by atoms with E-state index in [0.29, 0.717) is 6.41 Å². The summed E-state index contributed by atoms with van der Waals surface area (Å²) in [5, 5.41) is 0. The predicted molar refractivity (Wildman–Crippen MR) is 48.2 cm³/mol. The number of nitrogens with zero attached hydrogens (tertiary/aromatic N) is 1. The summed E-state index contributed by atoms with van der Waals surface area (Å²) in [5.41, 5.74) is -0.302. The molecule has 1 aliphatic heterocycles. The number of cyclic esters (lactones) is 2. The largest absolute Gasteiger partial charge is 0.419 e. The molecular weight excluding hydrogens is 202 g/mol. The Hall–Kier alpha value is -1.85. The van der Waals surface area contributed by atoms with E-state index in [-0.39, 0.29) is 5.57 Å². The van der Waals surface area contributed by atoms with E-state index in [4.69, 9.17) is 9.47 Å². The number of rotatable bonds is 2. The molecule has 82 valence electrons. The van der Waals surface area contributed by atoms with Crippen LogP contribution in [0.1, 0.15) is 13.8 Å². The number of esters is 2. The third kappa shape index (κ3) is 2.55. The molecule has 0 aromatic rings. The second-order valence-electron chi connectivity index (χ2n) is 3.49. The molecule has 6 nitrogen and oxygen atoms in total. The molecule has 0 aromatic heterocycles. The van der Waals surface area contributed by atoms with Crippen molar-refractivity contribution in [3.8, 4) is 0 Å². The van der Waals surface area contributed by atoms with Gasteiger partial charge in [-0.05, 0) is 0 Å². The summed E-state index contributed by atoms with van der Waals surface area (Å²) in [5.74, 6) is -2.86. The average Bonchev–Trinajstić information content (AvgIpc) is 2.09. The molecule has 6 heteroatoms. The highest BCUT2D eigenvalue weighted by molar-refractivity contribution is 6.15. The van der Waals surface area contributed by atoms with E-state index in [1.807, 2.05) is 0 Å². The highest BCUT2D eigenvalue weighted by Crippen LogP contribution is 2.22. The van der Waals surface area contributed by atoms with Gasteiger partial charge in [-0.15, -0.1) is 0 Å². The Balaban J connectivity index is 2.94. The molecule has 1 heterocycles. The normalized spacial score (nSPS) is 19.0. The van der Waals surface area contributed by atoms with Crippen LogP contribution in [-0.4, -0.2) is 36.1 Å². The molecular formula is C9H11NO5. The molecule has 0 aliphatic carbocycles. The van der Waals surface area contributed by atoms with Gasteiger partial charge in [0.2, 0.25) is 6.41 Å². The number of ether oxygens (including phenoxy) is 2. The van der Waals surface area contributed by atoms with Gasteiger partial charge in [-0.1, -0.05) is 0 Å². The Kier molecular flexibility index (Phi) is 2.78. The van der Waals surface area contributed by atoms with Crippen molar-refractivity contribution >= 4 is 18.3 Å². The zero-order valence-electron chi connectivity index (χ0n) is 8.64. The van der Waals surface area contributed by atoms with Crippen LogP contribution in [0.3, 0.4) is 0 Å². The predicted octanol–water partition coefficient (Wildman–Crippen LogP) is -0.205. The van der Waals surface area contributed by atoms with Crippen molar-refractivity contribution in [2.75, 3.05) is 7.05 Å². The fourth-order valence-corrected chi connectivity index (χ4v) is 1.00. The van der Waals surface area contributed by atoms with Gasteiger partial charge in [-0.2, -0.15) is 0 Å². The van der Waals surface area contributed by atoms with Crippen LogP contribution < -0.4 is 0 Å². The van der Waals surface area contributed by atoms with E-state index in [9.17, 15) is 14.4 Å². The zero-order chi connectivity index (χ0) is 11.6. The monoisotopic (exact) mass is 213 g/mol. The van der Waals surface area contributed by atoms with Gasteiger partial charge in [-0.3, -0.25) is 4.79 Å². The fourth-order valence-electron chi connectivity index (χ4n) is 1.00. The Labute approximate surface area is 86.4 Å². The first-order chi connectivity index (χ1) is 6.85. The van der Waals surface area contributed by atoms with Crippen LogP contribution in [0.2, 0.25) is 0 Å². The van der Waals surface area contributed by atoms with Crippen molar-refractivity contribution in [3.63, 3.8) is 0 Å². The first kappa shape index (κ1) is 11.2. The third-order valence-corrected chi connectivity index (χ3v) is 1.62. The van der Waals surface area contributed by atoms with Crippen molar-refractivity contribution < 1.29 is 23.9 Å². The van der Waals surface area contributed by atoms with E-state index in [2.05, 4.69) is 0 Å². The van der Waals surface area contributed by atoms with Gasteiger partial charge in [0.15, 0.2) is 5.57 Å². The third-order valence-electron chi connectivity index (χ3n) is 1.62. The van der Waals surface area contributed by atoms with Gasteiger partial charge < -0.3 is 14.4 Å². The van der Waals surface area contributed by atoms with Crippen LogP contribution in [0, 0.1) is 0 Å². The maximum absolute atomic E-state index is 11.3. The Morgan fingerprint density at radius 1 is 1.20 bits per heavy atom. The highest BCUT2D eigenvalue weighted by atomic mass is 16.7. The van der Waals surface area contributed by atoms with Crippen molar-refractivity contribution in [1.29, 1.82) is 0 Å². The lowest BCUT2D eigenvalue weighted by Crippen LogP contribution is -2.42. The zero-order valence-corrected chi connectivity index (χ0v) is 8.64. The molecule has 0 bridgehead atoms. The standard InChI is InChI=1S/C9H11NO5/c1-9(2)14-7(12)6(8(13)15-9)4-10(3)5-11/h4-5H,1-3H3. The molecule has 0 saturated carbocycles. The summed E-state index contributed by atoms with van der Waals surface area (Å²) in [7, 11) is 1.39. The second kappa shape index (κ2) is 3.72. The molecule has 0 atom stereocenters. The van der Waals surface area contributed by atoms with Crippen LogP contribution >= 0.6 is 0 Å². The average molecular weight is 213 g/mol. The molecule has 1 amide bonds. The van der Waals surface area contributed by atoms with Crippen LogP contribution in [0.15, 0.2) is 11.8 Å². The molecule has 0 spiro atoms. The number of carbonyl (C=O) groups excluding carboxylic acids is 3. The van der Waals surface area contributed by atoms with Crippen molar-refractivity contribution in [3.05, 3.63) is 11.8 Å². The van der Waals surface area contributed by atoms with Gasteiger partial charge in [0.1, 0.15) is 0 Å². The van der Waals surface area contributed by atoms with Gasteiger partial charge >= 0.3 is 11.9 Å². The van der Waals surface area contributed by atoms with E-state index in [0.717, 1.165) is 11.1 Å². The van der Waals surface area contributed by atoms with Crippen molar-refractivity contribution in [2.24, 2.45) is 0 Å². The van der Waals surface area contributed by atoms with E-state index in [1.54, 1.807) is 0 Å². The fraction of sp³-hybridized carbons (Fsp3) is 0.444. The maximum Gasteiger partial charge on any atom is 0.350 e. The highest BCUT2D eigenvalue weighted by Gasteiger charge is 2.39. The topological polar surface area (TPSA) is 72.9 Å². The van der Waals surface area contributed by atoms with Gasteiger partial charge in [-0.25, -0.2) is 9.59 Å². The number of hydrogen-bond acceptors (Lipinski definition) is 5. The molecule has 1 saturated heterocycles. The molecule has 0 aromatic carbocycles. The molecule has 0 radical (unpaired) electrons. The molecule has 15 heavy (non-hydrogen) atoms.